The van der Waals surface area contributed by atoms with Gasteiger partial charge in [-0.2, -0.15) is 0 Å². The van der Waals surface area contributed by atoms with Gasteiger partial charge in [-0.25, -0.2) is 19.9 Å². The molecule has 10 nitrogen and oxygen atoms in total. The number of nitrogens with zero attached hydrogens (tertiary/aromatic N) is 10. The molecule has 8 aromatic heterocycles. The first kappa shape index (κ1) is 38.6. The molecule has 69 heavy (non-hydrogen) atoms. The molecule has 0 spiro atoms. The highest BCUT2D eigenvalue weighted by molar-refractivity contribution is 6.13. The zero-order chi connectivity index (χ0) is 45.4. The molecule has 0 radical (unpaired) electrons. The summed E-state index contributed by atoms with van der Waals surface area (Å²) in [5.74, 6) is 2.52. The summed E-state index contributed by atoms with van der Waals surface area (Å²) in [5, 5.41) is 6.60. The molecule has 0 saturated heterocycles. The summed E-state index contributed by atoms with van der Waals surface area (Å²) in [4.78, 5) is 34.9. The Morgan fingerprint density at radius 3 is 1.17 bits per heavy atom. The first-order valence-electron chi connectivity index (χ1n) is 22.8. The van der Waals surface area contributed by atoms with E-state index in [0.29, 0.717) is 17.5 Å². The van der Waals surface area contributed by atoms with Gasteiger partial charge in [-0.1, -0.05) is 140 Å². The van der Waals surface area contributed by atoms with Gasteiger partial charge in [0.2, 0.25) is 0 Å². The van der Waals surface area contributed by atoms with Crippen LogP contribution in [0.25, 0.3) is 128 Å². The Bertz CT molecular complexity index is 4090. The predicted molar refractivity (Wildman–Crippen MR) is 276 cm³/mol. The van der Waals surface area contributed by atoms with Gasteiger partial charge in [0.1, 0.15) is 0 Å². The molecular formula is C59H36N10. The van der Waals surface area contributed by atoms with Crippen LogP contribution in [-0.2, 0) is 0 Å². The van der Waals surface area contributed by atoms with Crippen molar-refractivity contribution in [3.8, 4) is 62.5 Å². The zero-order valence-electron chi connectivity index (χ0n) is 36.8. The maximum Gasteiger partial charge on any atom is 0.164 e. The Hall–Kier alpha value is -9.67. The van der Waals surface area contributed by atoms with Crippen molar-refractivity contribution in [2.45, 2.75) is 0 Å². The highest BCUT2D eigenvalue weighted by Gasteiger charge is 2.28. The number of para-hydroxylation sites is 3. The molecule has 0 aliphatic carbocycles. The van der Waals surface area contributed by atoms with Gasteiger partial charge in [0, 0.05) is 73.2 Å². The fourth-order valence-corrected chi connectivity index (χ4v) is 10.2. The van der Waals surface area contributed by atoms with Gasteiger partial charge < -0.3 is 9.13 Å². The Balaban J connectivity index is 1.12. The average molecular weight is 885 g/mol. The van der Waals surface area contributed by atoms with E-state index >= 15 is 0 Å². The molecule has 8 heterocycles. The van der Waals surface area contributed by atoms with Crippen molar-refractivity contribution < 1.29 is 0 Å². The predicted octanol–water partition coefficient (Wildman–Crippen LogP) is 13.4. The molecule has 14 rings (SSSR count). The molecule has 0 unspecified atom stereocenters. The van der Waals surface area contributed by atoms with E-state index in [1.54, 1.807) is 0 Å². The molecule has 6 aromatic carbocycles. The second-order valence-electron chi connectivity index (χ2n) is 17.0. The van der Waals surface area contributed by atoms with Crippen LogP contribution in [0.1, 0.15) is 0 Å². The number of aromatic nitrogens is 10. The van der Waals surface area contributed by atoms with Gasteiger partial charge in [-0.3, -0.25) is 19.5 Å². The van der Waals surface area contributed by atoms with Gasteiger partial charge in [-0.15, -0.1) is 0 Å². The second kappa shape index (κ2) is 15.5. The highest BCUT2D eigenvalue weighted by atomic mass is 15.1. The third-order valence-electron chi connectivity index (χ3n) is 13.2. The van der Waals surface area contributed by atoms with Crippen LogP contribution in [0.3, 0.4) is 0 Å². The van der Waals surface area contributed by atoms with Gasteiger partial charge in [0.25, 0.3) is 0 Å². The van der Waals surface area contributed by atoms with Gasteiger partial charge in [0.05, 0.1) is 69.3 Å². The standard InChI is InChI=1S/C59H36N10/c1-3-13-38(14-4-1)56-64-57(39-15-5-2-6-16-39)66-58(65-56)40-25-23-37(24-26-40)54-53(67-47-20-10-7-17-41(47)44-27-30-60-33-50(44)67)36-63-59(69-49-22-12-9-19-43(49)46-29-32-62-35-52(46)69)55(54)68-48-21-11-8-18-42(48)45-28-31-61-34-51(45)68/h1-36H. The summed E-state index contributed by atoms with van der Waals surface area (Å²) < 4.78 is 6.92. The number of benzene rings is 6. The fraction of sp³-hybridized carbons (Fsp3) is 0. The third kappa shape index (κ3) is 6.02. The van der Waals surface area contributed by atoms with Crippen LogP contribution < -0.4 is 0 Å². The normalized spacial score (nSPS) is 11.8. The Morgan fingerprint density at radius 2 is 0.667 bits per heavy atom. The number of hydrogen-bond acceptors (Lipinski definition) is 7. The van der Waals surface area contributed by atoms with Crippen molar-refractivity contribution >= 4 is 65.4 Å². The van der Waals surface area contributed by atoms with E-state index < -0.39 is 0 Å². The Morgan fingerprint density at radius 1 is 0.290 bits per heavy atom. The lowest BCUT2D eigenvalue weighted by molar-refractivity contribution is 1.01. The summed E-state index contributed by atoms with van der Waals surface area (Å²) in [6, 6.07) is 60.6. The molecule has 322 valence electrons. The molecule has 10 heteroatoms. The van der Waals surface area contributed by atoms with Gasteiger partial charge >= 0.3 is 0 Å². The molecule has 0 saturated carbocycles. The lowest BCUT2D eigenvalue weighted by Crippen LogP contribution is -2.11. The minimum Gasteiger partial charge on any atom is -0.305 e. The smallest absolute Gasteiger partial charge is 0.164 e. The largest absolute Gasteiger partial charge is 0.305 e. The molecule has 0 bridgehead atoms. The van der Waals surface area contributed by atoms with Crippen LogP contribution in [0.4, 0.5) is 0 Å². The summed E-state index contributed by atoms with van der Waals surface area (Å²) in [6.45, 7) is 0. The van der Waals surface area contributed by atoms with E-state index in [9.17, 15) is 0 Å². The Kier molecular flexibility index (Phi) is 8.65. The molecule has 0 aliphatic rings. The first-order valence-corrected chi connectivity index (χ1v) is 22.8. The topological polar surface area (TPSA) is 105 Å². The molecule has 0 atom stereocenters. The van der Waals surface area contributed by atoms with Crippen LogP contribution >= 0.6 is 0 Å². The van der Waals surface area contributed by atoms with E-state index in [1.165, 1.54) is 0 Å². The fourth-order valence-electron chi connectivity index (χ4n) is 10.2. The van der Waals surface area contributed by atoms with Crippen LogP contribution in [0.5, 0.6) is 0 Å². The van der Waals surface area contributed by atoms with E-state index in [0.717, 1.165) is 110 Å². The second-order valence-corrected chi connectivity index (χ2v) is 17.0. The number of pyridine rings is 4. The average Bonchev–Trinajstić information content (AvgIpc) is 4.07. The summed E-state index contributed by atoms with van der Waals surface area (Å²) in [6.07, 6.45) is 13.5. The summed E-state index contributed by atoms with van der Waals surface area (Å²) in [7, 11) is 0. The van der Waals surface area contributed by atoms with Gasteiger partial charge in [-0.05, 0) is 42.0 Å². The van der Waals surface area contributed by atoms with Crippen LogP contribution in [-0.4, -0.2) is 48.6 Å². The van der Waals surface area contributed by atoms with Crippen LogP contribution in [0, 0.1) is 0 Å². The molecular weight excluding hydrogens is 849 g/mol. The number of fused-ring (bicyclic) bond motifs is 9. The molecule has 0 fully saturated rings. The minimum absolute atomic E-state index is 0.574. The third-order valence-corrected chi connectivity index (χ3v) is 13.2. The lowest BCUT2D eigenvalue weighted by Gasteiger charge is -2.23. The summed E-state index contributed by atoms with van der Waals surface area (Å²) in [5.41, 5.74) is 12.3. The van der Waals surface area contributed by atoms with Crippen molar-refractivity contribution in [1.82, 2.24) is 48.6 Å². The van der Waals surface area contributed by atoms with Crippen molar-refractivity contribution in [2.75, 3.05) is 0 Å². The quantitative estimate of drug-likeness (QED) is 0.157. The van der Waals surface area contributed by atoms with Crippen LogP contribution in [0.2, 0.25) is 0 Å². The monoisotopic (exact) mass is 884 g/mol. The SMILES string of the molecule is c1ccc(-c2nc(-c3ccccc3)nc(-c3ccc(-c4c(-n5c6ccccc6c6ccncc65)cnc(-n5c6ccccc6c6ccncc65)c4-n4c5ccccc5c5ccncc54)cc3)n2)cc1. The van der Waals surface area contributed by atoms with Crippen molar-refractivity contribution in [3.63, 3.8) is 0 Å². The van der Waals surface area contributed by atoms with Crippen molar-refractivity contribution in [3.05, 3.63) is 219 Å². The number of rotatable bonds is 7. The van der Waals surface area contributed by atoms with Crippen molar-refractivity contribution in [2.24, 2.45) is 0 Å². The molecule has 0 aliphatic heterocycles. The maximum absolute atomic E-state index is 5.61. The van der Waals surface area contributed by atoms with E-state index in [-0.39, 0.29) is 0 Å². The van der Waals surface area contributed by atoms with E-state index in [4.69, 9.17) is 34.9 Å². The zero-order valence-corrected chi connectivity index (χ0v) is 36.8. The van der Waals surface area contributed by atoms with Gasteiger partial charge in [0.15, 0.2) is 23.3 Å². The first-order chi connectivity index (χ1) is 34.3. The minimum atomic E-state index is 0.574. The maximum atomic E-state index is 5.61. The lowest BCUT2D eigenvalue weighted by atomic mass is 9.99. The highest BCUT2D eigenvalue weighted by Crippen LogP contribution is 2.45. The van der Waals surface area contributed by atoms with Crippen LogP contribution in [0.15, 0.2) is 219 Å². The molecule has 0 amide bonds. The van der Waals surface area contributed by atoms with E-state index in [1.807, 2.05) is 104 Å². The number of hydrogen-bond donors (Lipinski definition) is 0. The van der Waals surface area contributed by atoms with Crippen molar-refractivity contribution in [1.29, 1.82) is 0 Å². The van der Waals surface area contributed by atoms with E-state index in [2.05, 4.69) is 129 Å². The Labute approximate surface area is 394 Å². The summed E-state index contributed by atoms with van der Waals surface area (Å²) >= 11 is 0. The molecule has 0 N–H and O–H groups in total. The molecule has 14 aromatic rings.